The van der Waals surface area contributed by atoms with Crippen LogP contribution in [0.25, 0.3) is 0 Å². The molecule has 0 saturated heterocycles. The van der Waals surface area contributed by atoms with Crippen LogP contribution in [-0.2, 0) is 19.5 Å². The third kappa shape index (κ3) is 3.57. The van der Waals surface area contributed by atoms with Crippen molar-refractivity contribution in [2.24, 2.45) is 0 Å². The molecule has 2 aromatic rings. The van der Waals surface area contributed by atoms with Crippen molar-refractivity contribution < 1.29 is 9.90 Å². The van der Waals surface area contributed by atoms with Crippen LogP contribution < -0.4 is 4.90 Å². The van der Waals surface area contributed by atoms with Crippen LogP contribution in [0.1, 0.15) is 34.0 Å². The van der Waals surface area contributed by atoms with Crippen molar-refractivity contribution in [2.45, 2.75) is 26.4 Å². The molecule has 2 heterocycles. The predicted octanol–water partition coefficient (Wildman–Crippen LogP) is 2.79. The number of benzene rings is 1. The van der Waals surface area contributed by atoms with Gasteiger partial charge in [0.2, 0.25) is 0 Å². The number of pyridine rings is 1. The molecule has 0 atom stereocenters. The lowest BCUT2D eigenvalue weighted by molar-refractivity contribution is 0.0696. The maximum Gasteiger partial charge on any atom is 0.335 e. The summed E-state index contributed by atoms with van der Waals surface area (Å²) in [5, 5.41) is 9.15. The van der Waals surface area contributed by atoms with Crippen molar-refractivity contribution in [3.63, 3.8) is 0 Å². The van der Waals surface area contributed by atoms with Crippen molar-refractivity contribution >= 4 is 11.8 Å². The summed E-state index contributed by atoms with van der Waals surface area (Å²) in [7, 11) is 2.03. The molecular weight excluding hydrogens is 302 g/mol. The Morgan fingerprint density at radius 3 is 2.79 bits per heavy atom. The number of carboxylic acids is 1. The summed E-state index contributed by atoms with van der Waals surface area (Å²) < 4.78 is 0. The lowest BCUT2D eigenvalue weighted by atomic mass is 9.97. The summed E-state index contributed by atoms with van der Waals surface area (Å²) >= 11 is 0. The Morgan fingerprint density at radius 1 is 1.29 bits per heavy atom. The zero-order chi connectivity index (χ0) is 17.1. The summed E-state index contributed by atoms with van der Waals surface area (Å²) in [6.45, 7) is 5.64. The molecule has 5 heteroatoms. The lowest BCUT2D eigenvalue weighted by Gasteiger charge is -2.29. The Labute approximate surface area is 142 Å². The number of carbonyl (C=O) groups is 1. The van der Waals surface area contributed by atoms with E-state index in [2.05, 4.69) is 33.8 Å². The molecule has 0 unspecified atom stereocenters. The number of fused-ring (bicyclic) bond motifs is 1. The maximum absolute atomic E-state index is 11.1. The van der Waals surface area contributed by atoms with Crippen LogP contribution in [0.3, 0.4) is 0 Å². The van der Waals surface area contributed by atoms with Gasteiger partial charge in [-0.2, -0.15) is 0 Å². The molecule has 5 nitrogen and oxygen atoms in total. The molecule has 1 N–H and O–H groups in total. The fourth-order valence-electron chi connectivity index (χ4n) is 3.04. The second kappa shape index (κ2) is 7.01. The zero-order valence-corrected chi connectivity index (χ0v) is 14.2. The first-order chi connectivity index (χ1) is 11.6. The molecule has 1 aliphatic heterocycles. The largest absolute Gasteiger partial charge is 0.478 e. The smallest absolute Gasteiger partial charge is 0.335 e. The molecule has 1 aromatic carbocycles. The summed E-state index contributed by atoms with van der Waals surface area (Å²) in [5.74, 6) is 0.117. The molecule has 126 valence electrons. The van der Waals surface area contributed by atoms with Crippen molar-refractivity contribution in [3.05, 3.63) is 58.8 Å². The molecule has 0 spiro atoms. The normalized spacial score (nSPS) is 14.2. The van der Waals surface area contributed by atoms with Crippen LogP contribution in [0.2, 0.25) is 0 Å². The third-order valence-corrected chi connectivity index (χ3v) is 4.63. The molecule has 1 aromatic heterocycles. The fourth-order valence-corrected chi connectivity index (χ4v) is 3.04. The standard InChI is InChI=1S/C19H23N3O2/c1-3-21(2)18-7-4-14(11-20-18)12-22-9-8-15-5-6-16(19(23)24)10-17(15)13-22/h4-7,10-11H,3,8-9,12-13H2,1-2H3,(H,23,24). The second-order valence-electron chi connectivity index (χ2n) is 6.29. The van der Waals surface area contributed by atoms with Gasteiger partial charge in [-0.25, -0.2) is 9.78 Å². The third-order valence-electron chi connectivity index (χ3n) is 4.63. The quantitative estimate of drug-likeness (QED) is 0.916. The van der Waals surface area contributed by atoms with Crippen molar-refractivity contribution in [3.8, 4) is 0 Å². The highest BCUT2D eigenvalue weighted by Gasteiger charge is 2.18. The van der Waals surface area contributed by atoms with Gasteiger partial charge in [0.25, 0.3) is 0 Å². The number of rotatable bonds is 5. The van der Waals surface area contributed by atoms with E-state index in [1.165, 1.54) is 11.1 Å². The van der Waals surface area contributed by atoms with Gasteiger partial charge in [-0.05, 0) is 48.2 Å². The lowest BCUT2D eigenvalue weighted by Crippen LogP contribution is -2.30. The van der Waals surface area contributed by atoms with Crippen molar-refractivity contribution in [2.75, 3.05) is 25.0 Å². The first-order valence-electron chi connectivity index (χ1n) is 8.30. The summed E-state index contributed by atoms with van der Waals surface area (Å²) in [4.78, 5) is 20.1. The highest BCUT2D eigenvalue weighted by molar-refractivity contribution is 5.87. The van der Waals surface area contributed by atoms with E-state index < -0.39 is 5.97 Å². The Bertz CT molecular complexity index is 728. The number of aromatic carboxylic acids is 1. The molecular formula is C19H23N3O2. The molecule has 0 saturated carbocycles. The molecule has 24 heavy (non-hydrogen) atoms. The minimum Gasteiger partial charge on any atom is -0.478 e. The second-order valence-corrected chi connectivity index (χ2v) is 6.29. The molecule has 0 radical (unpaired) electrons. The summed E-state index contributed by atoms with van der Waals surface area (Å²) in [6, 6.07) is 9.63. The summed E-state index contributed by atoms with van der Waals surface area (Å²) in [6.07, 6.45) is 2.89. The minimum absolute atomic E-state index is 0.365. The first-order valence-corrected chi connectivity index (χ1v) is 8.30. The average Bonchev–Trinajstić information content (AvgIpc) is 2.61. The highest BCUT2D eigenvalue weighted by atomic mass is 16.4. The van der Waals surface area contributed by atoms with Gasteiger partial charge in [0.05, 0.1) is 5.56 Å². The van der Waals surface area contributed by atoms with Gasteiger partial charge in [0.15, 0.2) is 0 Å². The van der Waals surface area contributed by atoms with Gasteiger partial charge >= 0.3 is 5.97 Å². The number of hydrogen-bond donors (Lipinski definition) is 1. The van der Waals surface area contributed by atoms with E-state index >= 15 is 0 Å². The van der Waals surface area contributed by atoms with E-state index in [1.54, 1.807) is 12.1 Å². The van der Waals surface area contributed by atoms with Crippen LogP contribution in [0, 0.1) is 0 Å². The molecule has 3 rings (SSSR count). The van der Waals surface area contributed by atoms with E-state index in [9.17, 15) is 4.79 Å². The number of aromatic nitrogens is 1. The van der Waals surface area contributed by atoms with Gasteiger partial charge in [0, 0.05) is 39.4 Å². The zero-order valence-electron chi connectivity index (χ0n) is 14.2. The Morgan fingerprint density at radius 2 is 2.12 bits per heavy atom. The minimum atomic E-state index is -0.866. The first kappa shape index (κ1) is 16.5. The van der Waals surface area contributed by atoms with E-state index in [0.29, 0.717) is 5.56 Å². The van der Waals surface area contributed by atoms with Crippen LogP contribution in [-0.4, -0.2) is 41.1 Å². The molecule has 0 fully saturated rings. The van der Waals surface area contributed by atoms with Crippen LogP contribution in [0.15, 0.2) is 36.5 Å². The predicted molar refractivity (Wildman–Crippen MR) is 94.4 cm³/mol. The SMILES string of the molecule is CCN(C)c1ccc(CN2CCc3ccc(C(=O)O)cc3C2)cn1. The Balaban J connectivity index is 1.69. The molecule has 0 amide bonds. The van der Waals surface area contributed by atoms with E-state index in [0.717, 1.165) is 44.0 Å². The van der Waals surface area contributed by atoms with Crippen LogP contribution in [0.5, 0.6) is 0 Å². The Hall–Kier alpha value is -2.40. The van der Waals surface area contributed by atoms with Crippen molar-refractivity contribution in [1.82, 2.24) is 9.88 Å². The van der Waals surface area contributed by atoms with E-state index in [4.69, 9.17) is 5.11 Å². The summed E-state index contributed by atoms with van der Waals surface area (Å²) in [5.41, 5.74) is 3.93. The monoisotopic (exact) mass is 325 g/mol. The molecule has 1 aliphatic rings. The molecule has 0 bridgehead atoms. The van der Waals surface area contributed by atoms with Gasteiger partial charge in [-0.3, -0.25) is 4.90 Å². The molecule has 0 aliphatic carbocycles. The van der Waals surface area contributed by atoms with Gasteiger partial charge in [0.1, 0.15) is 5.82 Å². The maximum atomic E-state index is 11.1. The van der Waals surface area contributed by atoms with Gasteiger partial charge in [-0.1, -0.05) is 12.1 Å². The van der Waals surface area contributed by atoms with E-state index in [1.807, 2.05) is 19.3 Å². The highest BCUT2D eigenvalue weighted by Crippen LogP contribution is 2.22. The van der Waals surface area contributed by atoms with Crippen LogP contribution in [0.4, 0.5) is 5.82 Å². The average molecular weight is 325 g/mol. The van der Waals surface area contributed by atoms with Gasteiger partial charge in [-0.15, -0.1) is 0 Å². The topological polar surface area (TPSA) is 56.7 Å². The number of hydrogen-bond acceptors (Lipinski definition) is 4. The van der Waals surface area contributed by atoms with Crippen molar-refractivity contribution in [1.29, 1.82) is 0 Å². The number of carboxylic acid groups (broad SMARTS) is 1. The number of nitrogens with zero attached hydrogens (tertiary/aromatic N) is 3. The fraction of sp³-hybridized carbons (Fsp3) is 0.368. The number of anilines is 1. The van der Waals surface area contributed by atoms with E-state index in [-0.39, 0.29) is 0 Å². The Kier molecular flexibility index (Phi) is 4.81. The van der Waals surface area contributed by atoms with Gasteiger partial charge < -0.3 is 10.0 Å². The van der Waals surface area contributed by atoms with Crippen LogP contribution >= 0.6 is 0 Å².